The first-order valence-electron chi connectivity index (χ1n) is 6.25. The first-order chi connectivity index (χ1) is 8.36. The van der Waals surface area contributed by atoms with Gasteiger partial charge in [-0.25, -0.2) is 4.98 Å². The van der Waals surface area contributed by atoms with Gasteiger partial charge in [-0.2, -0.15) is 0 Å². The second-order valence-corrected chi connectivity index (χ2v) is 6.38. The number of nitrogens with zero attached hydrogens (tertiary/aromatic N) is 2. The highest BCUT2D eigenvalue weighted by atomic mass is 35.5. The highest BCUT2D eigenvalue weighted by molar-refractivity contribution is 6.29. The number of pyridine rings is 1. The van der Waals surface area contributed by atoms with Gasteiger partial charge in [-0.1, -0.05) is 38.4 Å². The summed E-state index contributed by atoms with van der Waals surface area (Å²) >= 11 is 5.85. The number of amides is 1. The van der Waals surface area contributed by atoms with Crippen molar-refractivity contribution in [1.82, 2.24) is 9.88 Å². The van der Waals surface area contributed by atoms with Crippen LogP contribution < -0.4 is 0 Å². The third-order valence-corrected chi connectivity index (χ3v) is 3.78. The number of likely N-dealkylation sites (tertiary alicyclic amines) is 1. The molecular formula is C14H19ClN2O. The van der Waals surface area contributed by atoms with Gasteiger partial charge < -0.3 is 4.90 Å². The zero-order valence-electron chi connectivity index (χ0n) is 11.1. The highest BCUT2D eigenvalue weighted by Gasteiger charge is 2.36. The van der Waals surface area contributed by atoms with Crippen LogP contribution in [0.1, 0.15) is 32.9 Å². The van der Waals surface area contributed by atoms with E-state index in [1.54, 1.807) is 6.07 Å². The van der Waals surface area contributed by atoms with Gasteiger partial charge in [-0.05, 0) is 23.5 Å². The van der Waals surface area contributed by atoms with E-state index in [0.29, 0.717) is 24.0 Å². The van der Waals surface area contributed by atoms with E-state index >= 15 is 0 Å². The van der Waals surface area contributed by atoms with Crippen LogP contribution in [0.4, 0.5) is 0 Å². The monoisotopic (exact) mass is 266 g/mol. The predicted octanol–water partition coefficient (Wildman–Crippen LogP) is 3.13. The standard InChI is InChI=1S/C14H19ClN2O/c1-14(2,3)10-7-13(18)17(8-10)9-11-5-4-6-12(15)16-11/h4-6,10H,7-9H2,1-3H3. The molecular weight excluding hydrogens is 248 g/mol. The Balaban J connectivity index is 2.05. The van der Waals surface area contributed by atoms with Crippen LogP contribution in [-0.4, -0.2) is 22.3 Å². The molecule has 1 aromatic rings. The molecule has 0 N–H and O–H groups in total. The summed E-state index contributed by atoms with van der Waals surface area (Å²) in [4.78, 5) is 18.1. The van der Waals surface area contributed by atoms with Gasteiger partial charge in [0.25, 0.3) is 0 Å². The summed E-state index contributed by atoms with van der Waals surface area (Å²) in [5.74, 6) is 0.640. The second kappa shape index (κ2) is 4.88. The first kappa shape index (κ1) is 13.3. The number of aromatic nitrogens is 1. The summed E-state index contributed by atoms with van der Waals surface area (Å²) in [5.41, 5.74) is 1.03. The molecule has 3 nitrogen and oxygen atoms in total. The van der Waals surface area contributed by atoms with E-state index in [4.69, 9.17) is 11.6 Å². The average molecular weight is 267 g/mol. The minimum Gasteiger partial charge on any atom is -0.336 e. The Morgan fingerprint density at radius 2 is 2.17 bits per heavy atom. The number of carbonyl (C=O) groups is 1. The molecule has 1 aromatic heterocycles. The number of rotatable bonds is 2. The van der Waals surface area contributed by atoms with Crippen molar-refractivity contribution in [3.05, 3.63) is 29.0 Å². The first-order valence-corrected chi connectivity index (χ1v) is 6.63. The van der Waals surface area contributed by atoms with Gasteiger partial charge in [0.2, 0.25) is 5.91 Å². The van der Waals surface area contributed by atoms with Gasteiger partial charge in [0.1, 0.15) is 5.15 Å². The Labute approximate surface area is 113 Å². The molecule has 1 aliphatic rings. The van der Waals surface area contributed by atoms with E-state index in [0.717, 1.165) is 12.2 Å². The highest BCUT2D eigenvalue weighted by Crippen LogP contribution is 2.34. The summed E-state index contributed by atoms with van der Waals surface area (Å²) in [5, 5.41) is 0.478. The molecule has 0 aromatic carbocycles. The van der Waals surface area contributed by atoms with Crippen molar-refractivity contribution in [2.24, 2.45) is 11.3 Å². The maximum Gasteiger partial charge on any atom is 0.223 e. The minimum absolute atomic E-state index is 0.173. The van der Waals surface area contributed by atoms with Gasteiger partial charge >= 0.3 is 0 Å². The largest absolute Gasteiger partial charge is 0.336 e. The molecule has 18 heavy (non-hydrogen) atoms. The maximum absolute atomic E-state index is 12.0. The molecule has 2 rings (SSSR count). The topological polar surface area (TPSA) is 33.2 Å². The van der Waals surface area contributed by atoms with Crippen LogP contribution in [0.2, 0.25) is 5.15 Å². The summed E-state index contributed by atoms with van der Waals surface area (Å²) in [6.07, 6.45) is 0.643. The van der Waals surface area contributed by atoms with E-state index in [9.17, 15) is 4.79 Å². The Morgan fingerprint density at radius 1 is 1.44 bits per heavy atom. The molecule has 1 fully saturated rings. The van der Waals surface area contributed by atoms with Crippen molar-refractivity contribution in [1.29, 1.82) is 0 Å². The second-order valence-electron chi connectivity index (χ2n) is 5.99. The van der Waals surface area contributed by atoms with E-state index in [1.165, 1.54) is 0 Å². The molecule has 1 aliphatic heterocycles. The zero-order valence-corrected chi connectivity index (χ0v) is 11.9. The molecule has 4 heteroatoms. The summed E-state index contributed by atoms with van der Waals surface area (Å²) in [6.45, 7) is 7.94. The summed E-state index contributed by atoms with van der Waals surface area (Å²) in [7, 11) is 0. The molecule has 1 unspecified atom stereocenters. The lowest BCUT2D eigenvalue weighted by Crippen LogP contribution is -2.27. The van der Waals surface area contributed by atoms with Gasteiger partial charge in [-0.3, -0.25) is 4.79 Å². The lowest BCUT2D eigenvalue weighted by molar-refractivity contribution is -0.128. The number of carbonyl (C=O) groups excluding carboxylic acids is 1. The van der Waals surface area contributed by atoms with Crippen molar-refractivity contribution in [3.63, 3.8) is 0 Å². The molecule has 98 valence electrons. The Kier molecular flexibility index (Phi) is 3.62. The minimum atomic E-state index is 0.173. The van der Waals surface area contributed by atoms with Crippen molar-refractivity contribution in [2.45, 2.75) is 33.7 Å². The molecule has 0 bridgehead atoms. The van der Waals surface area contributed by atoms with Gasteiger partial charge in [0, 0.05) is 13.0 Å². The van der Waals surface area contributed by atoms with Gasteiger partial charge in [-0.15, -0.1) is 0 Å². The summed E-state index contributed by atoms with van der Waals surface area (Å²) < 4.78 is 0. The van der Waals surface area contributed by atoms with Crippen LogP contribution in [0.15, 0.2) is 18.2 Å². The molecule has 1 amide bonds. The SMILES string of the molecule is CC(C)(C)C1CC(=O)N(Cc2cccc(Cl)n2)C1. The van der Waals surface area contributed by atoms with E-state index in [2.05, 4.69) is 25.8 Å². The van der Waals surface area contributed by atoms with Crippen LogP contribution >= 0.6 is 11.6 Å². The maximum atomic E-state index is 12.0. The van der Waals surface area contributed by atoms with Crippen LogP contribution in [0.5, 0.6) is 0 Å². The Morgan fingerprint density at radius 3 is 2.72 bits per heavy atom. The lowest BCUT2D eigenvalue weighted by atomic mass is 9.80. The Hall–Kier alpha value is -1.09. The zero-order chi connectivity index (χ0) is 13.3. The summed E-state index contributed by atoms with van der Waals surface area (Å²) in [6, 6.07) is 5.52. The smallest absolute Gasteiger partial charge is 0.223 e. The third kappa shape index (κ3) is 3.02. The number of halogens is 1. The van der Waals surface area contributed by atoms with Crippen LogP contribution in [0, 0.1) is 11.3 Å². The average Bonchev–Trinajstić information content (AvgIpc) is 2.60. The normalized spacial score (nSPS) is 20.6. The molecule has 0 spiro atoms. The fourth-order valence-electron chi connectivity index (χ4n) is 2.24. The number of hydrogen-bond donors (Lipinski definition) is 0. The van der Waals surface area contributed by atoms with E-state index < -0.39 is 0 Å². The van der Waals surface area contributed by atoms with Gasteiger partial charge in [0.05, 0.1) is 12.2 Å². The van der Waals surface area contributed by atoms with Gasteiger partial charge in [0.15, 0.2) is 0 Å². The van der Waals surface area contributed by atoms with Crippen molar-refractivity contribution < 1.29 is 4.79 Å². The van der Waals surface area contributed by atoms with Crippen molar-refractivity contribution in [3.8, 4) is 0 Å². The molecule has 0 saturated carbocycles. The number of hydrogen-bond acceptors (Lipinski definition) is 2. The Bertz CT molecular complexity index is 453. The predicted molar refractivity (Wildman–Crippen MR) is 72.2 cm³/mol. The lowest BCUT2D eigenvalue weighted by Gasteiger charge is -2.26. The fourth-order valence-corrected chi connectivity index (χ4v) is 2.42. The van der Waals surface area contributed by atoms with Crippen LogP contribution in [0.3, 0.4) is 0 Å². The molecule has 1 atom stereocenters. The fraction of sp³-hybridized carbons (Fsp3) is 0.571. The van der Waals surface area contributed by atoms with E-state index in [1.807, 2.05) is 17.0 Å². The van der Waals surface area contributed by atoms with Crippen LogP contribution in [-0.2, 0) is 11.3 Å². The molecule has 0 radical (unpaired) electrons. The molecule has 1 saturated heterocycles. The molecule has 2 heterocycles. The van der Waals surface area contributed by atoms with E-state index in [-0.39, 0.29) is 11.3 Å². The third-order valence-electron chi connectivity index (χ3n) is 3.56. The van der Waals surface area contributed by atoms with Crippen molar-refractivity contribution in [2.75, 3.05) is 6.54 Å². The van der Waals surface area contributed by atoms with Crippen LogP contribution in [0.25, 0.3) is 0 Å². The quantitative estimate of drug-likeness (QED) is 0.771. The van der Waals surface area contributed by atoms with Crippen molar-refractivity contribution >= 4 is 17.5 Å². The molecule has 0 aliphatic carbocycles.